The number of aromatic nitrogens is 1. The van der Waals surface area contributed by atoms with Crippen LogP contribution in [0.2, 0.25) is 0 Å². The molecule has 0 unspecified atom stereocenters. The van der Waals surface area contributed by atoms with E-state index in [0.717, 1.165) is 16.7 Å². The van der Waals surface area contributed by atoms with Crippen LogP contribution in [-0.2, 0) is 11.3 Å². The van der Waals surface area contributed by atoms with Crippen molar-refractivity contribution in [2.75, 3.05) is 13.1 Å². The first-order valence-electron chi connectivity index (χ1n) is 7.61. The standard InChI is InChI=1S/C17H24N4O2/c1-12-5-6-19-7-13(12)8-20-9-14-10-21(11-15(14)18)16(22)23-17(2,3)4/h5-7,9H,8,10-11,18H2,1-4H3. The minimum Gasteiger partial charge on any atom is -0.444 e. The van der Waals surface area contributed by atoms with Gasteiger partial charge in [-0.3, -0.25) is 14.9 Å². The lowest BCUT2D eigenvalue weighted by Gasteiger charge is -2.24. The van der Waals surface area contributed by atoms with E-state index in [1.54, 1.807) is 17.3 Å². The van der Waals surface area contributed by atoms with Crippen LogP contribution >= 0.6 is 0 Å². The topological polar surface area (TPSA) is 80.8 Å². The predicted molar refractivity (Wildman–Crippen MR) is 90.2 cm³/mol. The number of nitrogens with zero attached hydrogens (tertiary/aromatic N) is 3. The Labute approximate surface area is 137 Å². The van der Waals surface area contributed by atoms with Crippen LogP contribution in [0.4, 0.5) is 4.79 Å². The molecule has 1 aliphatic heterocycles. The van der Waals surface area contributed by atoms with Crippen molar-refractivity contribution < 1.29 is 9.53 Å². The maximum absolute atomic E-state index is 12.1. The molecule has 6 nitrogen and oxygen atoms in total. The molecule has 1 aromatic rings. The summed E-state index contributed by atoms with van der Waals surface area (Å²) >= 11 is 0. The highest BCUT2D eigenvalue weighted by molar-refractivity contribution is 5.83. The van der Waals surface area contributed by atoms with E-state index in [0.29, 0.717) is 25.3 Å². The molecule has 6 heteroatoms. The Morgan fingerprint density at radius 3 is 2.87 bits per heavy atom. The van der Waals surface area contributed by atoms with Gasteiger partial charge >= 0.3 is 6.09 Å². The first-order chi connectivity index (χ1) is 10.8. The van der Waals surface area contributed by atoms with Crippen molar-refractivity contribution in [3.05, 3.63) is 40.9 Å². The highest BCUT2D eigenvalue weighted by Gasteiger charge is 2.27. The van der Waals surface area contributed by atoms with Gasteiger partial charge in [0.15, 0.2) is 0 Å². The van der Waals surface area contributed by atoms with Gasteiger partial charge in [0.25, 0.3) is 0 Å². The van der Waals surface area contributed by atoms with E-state index >= 15 is 0 Å². The van der Waals surface area contributed by atoms with Crippen LogP contribution in [0, 0.1) is 6.92 Å². The molecule has 1 aromatic heterocycles. The zero-order valence-electron chi connectivity index (χ0n) is 14.2. The van der Waals surface area contributed by atoms with Crippen LogP contribution in [0.3, 0.4) is 0 Å². The summed E-state index contributed by atoms with van der Waals surface area (Å²) in [5, 5.41) is 0. The molecule has 1 aliphatic rings. The SMILES string of the molecule is Cc1ccncc1CN=CC1=C(N)CN(C(=O)OC(C)(C)C)C1. The average Bonchev–Trinajstić information content (AvgIpc) is 2.81. The second-order valence-corrected chi connectivity index (χ2v) is 6.66. The maximum atomic E-state index is 12.1. The molecule has 2 heterocycles. The Kier molecular flexibility index (Phi) is 5.03. The zero-order valence-corrected chi connectivity index (χ0v) is 14.2. The number of ether oxygens (including phenoxy) is 1. The number of nitrogens with two attached hydrogens (primary N) is 1. The molecule has 0 saturated carbocycles. The molecule has 0 spiro atoms. The number of pyridine rings is 1. The maximum Gasteiger partial charge on any atom is 0.410 e. The molecule has 0 fully saturated rings. The molecule has 0 atom stereocenters. The summed E-state index contributed by atoms with van der Waals surface area (Å²) in [5.74, 6) is 0. The second kappa shape index (κ2) is 6.81. The molecular weight excluding hydrogens is 292 g/mol. The monoisotopic (exact) mass is 316 g/mol. The number of rotatable bonds is 3. The number of hydrogen-bond donors (Lipinski definition) is 1. The molecule has 0 aromatic carbocycles. The Bertz CT molecular complexity index is 644. The van der Waals surface area contributed by atoms with Crippen LogP contribution in [0.15, 0.2) is 34.7 Å². The third-order valence-electron chi connectivity index (χ3n) is 3.44. The fourth-order valence-electron chi connectivity index (χ4n) is 2.17. The highest BCUT2D eigenvalue weighted by Crippen LogP contribution is 2.17. The fourth-order valence-corrected chi connectivity index (χ4v) is 2.17. The number of carbonyl (C=O) groups is 1. The van der Waals surface area contributed by atoms with Crippen molar-refractivity contribution in [2.24, 2.45) is 10.7 Å². The van der Waals surface area contributed by atoms with Gasteiger partial charge in [-0.15, -0.1) is 0 Å². The molecular formula is C17H24N4O2. The van der Waals surface area contributed by atoms with Gasteiger partial charge in [0.1, 0.15) is 5.60 Å². The number of aryl methyl sites for hydroxylation is 1. The van der Waals surface area contributed by atoms with Crippen LogP contribution in [0.1, 0.15) is 31.9 Å². The van der Waals surface area contributed by atoms with Gasteiger partial charge in [-0.25, -0.2) is 4.79 Å². The Morgan fingerprint density at radius 2 is 2.22 bits per heavy atom. The van der Waals surface area contributed by atoms with Crippen molar-refractivity contribution in [2.45, 2.75) is 39.8 Å². The second-order valence-electron chi connectivity index (χ2n) is 6.66. The third-order valence-corrected chi connectivity index (χ3v) is 3.44. The van der Waals surface area contributed by atoms with Crippen molar-refractivity contribution >= 4 is 12.3 Å². The van der Waals surface area contributed by atoms with E-state index < -0.39 is 5.60 Å². The van der Waals surface area contributed by atoms with Gasteiger partial charge in [0.2, 0.25) is 0 Å². The summed E-state index contributed by atoms with van der Waals surface area (Å²) in [6, 6.07) is 1.96. The molecule has 2 rings (SSSR count). The molecule has 2 N–H and O–H groups in total. The van der Waals surface area contributed by atoms with Crippen LogP contribution in [0.5, 0.6) is 0 Å². The van der Waals surface area contributed by atoms with Crippen molar-refractivity contribution in [1.29, 1.82) is 0 Å². The average molecular weight is 316 g/mol. The van der Waals surface area contributed by atoms with Gasteiger partial charge in [0, 0.05) is 29.9 Å². The van der Waals surface area contributed by atoms with E-state index in [9.17, 15) is 4.79 Å². The summed E-state index contributed by atoms with van der Waals surface area (Å²) in [5.41, 5.74) is 9.23. The molecule has 1 amide bonds. The van der Waals surface area contributed by atoms with Crippen molar-refractivity contribution in [3.8, 4) is 0 Å². The molecule has 124 valence electrons. The van der Waals surface area contributed by atoms with Gasteiger partial charge in [0.05, 0.1) is 19.6 Å². The van der Waals surface area contributed by atoms with Crippen molar-refractivity contribution in [1.82, 2.24) is 9.88 Å². The van der Waals surface area contributed by atoms with Crippen LogP contribution in [0.25, 0.3) is 0 Å². The van der Waals surface area contributed by atoms with Crippen LogP contribution in [-0.4, -0.2) is 40.9 Å². The largest absolute Gasteiger partial charge is 0.444 e. The summed E-state index contributed by atoms with van der Waals surface area (Å²) in [6.07, 6.45) is 4.96. The van der Waals surface area contributed by atoms with E-state index in [-0.39, 0.29) is 6.09 Å². The smallest absolute Gasteiger partial charge is 0.410 e. The van der Waals surface area contributed by atoms with Gasteiger partial charge in [-0.2, -0.15) is 0 Å². The lowest BCUT2D eigenvalue weighted by Crippen LogP contribution is -2.36. The molecule has 0 saturated heterocycles. The number of aliphatic imine (C=N–C) groups is 1. The van der Waals surface area contributed by atoms with Crippen molar-refractivity contribution in [3.63, 3.8) is 0 Å². The first kappa shape index (κ1) is 17.0. The summed E-state index contributed by atoms with van der Waals surface area (Å²) in [6.45, 7) is 8.91. The van der Waals surface area contributed by atoms with E-state index in [1.165, 1.54) is 0 Å². The van der Waals surface area contributed by atoms with E-state index in [2.05, 4.69) is 9.98 Å². The van der Waals surface area contributed by atoms with Gasteiger partial charge in [-0.1, -0.05) is 0 Å². The number of hydrogen-bond acceptors (Lipinski definition) is 5. The lowest BCUT2D eigenvalue weighted by atomic mass is 10.2. The Balaban J connectivity index is 1.94. The normalized spacial score (nSPS) is 15.6. The minimum atomic E-state index is -0.513. The van der Waals surface area contributed by atoms with Gasteiger partial charge < -0.3 is 10.5 Å². The van der Waals surface area contributed by atoms with E-state index in [1.807, 2.05) is 40.0 Å². The summed E-state index contributed by atoms with van der Waals surface area (Å²) in [4.78, 5) is 22.2. The highest BCUT2D eigenvalue weighted by atomic mass is 16.6. The lowest BCUT2D eigenvalue weighted by molar-refractivity contribution is 0.0300. The summed E-state index contributed by atoms with van der Waals surface area (Å²) < 4.78 is 5.36. The molecule has 23 heavy (non-hydrogen) atoms. The molecule has 0 aliphatic carbocycles. The third kappa shape index (κ3) is 4.81. The zero-order chi connectivity index (χ0) is 17.0. The Hall–Kier alpha value is -2.37. The van der Waals surface area contributed by atoms with Crippen LogP contribution < -0.4 is 5.73 Å². The minimum absolute atomic E-state index is 0.355. The molecule has 0 bridgehead atoms. The van der Waals surface area contributed by atoms with E-state index in [4.69, 9.17) is 10.5 Å². The number of amides is 1. The molecule has 0 radical (unpaired) electrons. The Morgan fingerprint density at radius 1 is 1.48 bits per heavy atom. The predicted octanol–water partition coefficient (Wildman–Crippen LogP) is 2.42. The van der Waals surface area contributed by atoms with Gasteiger partial charge in [-0.05, 0) is 44.9 Å². The first-order valence-corrected chi connectivity index (χ1v) is 7.61. The fraction of sp³-hybridized carbons (Fsp3) is 0.471. The summed E-state index contributed by atoms with van der Waals surface area (Å²) in [7, 11) is 0. The quantitative estimate of drug-likeness (QED) is 0.868. The number of carbonyl (C=O) groups excluding carboxylic acids is 1.